The first-order chi connectivity index (χ1) is 11.9. The number of benzene rings is 1. The van der Waals surface area contributed by atoms with E-state index in [-0.39, 0.29) is 12.4 Å². The van der Waals surface area contributed by atoms with Crippen molar-refractivity contribution in [1.82, 2.24) is 0 Å². The summed E-state index contributed by atoms with van der Waals surface area (Å²) in [7, 11) is 0. The molecule has 1 unspecified atom stereocenters. The smallest absolute Gasteiger partial charge is 0.460 e. The average molecular weight is 420 g/mol. The number of rotatable bonds is 7. The normalized spacial score (nSPS) is 15.6. The lowest BCUT2D eigenvalue weighted by Crippen LogP contribution is -2.67. The molecule has 0 aromatic heterocycles. The third-order valence-corrected chi connectivity index (χ3v) is 3.41. The Balaban J connectivity index is 3.33. The standard InChI is InChI=1S/C14H11F11O2/c1-2-27-8-5-3-7(4-6-8)9(26)10(15,16)11(17,18)12(19,20)13(21,22)14(23,24)25/h3-6,9,26H,2H2,1H3. The van der Waals surface area contributed by atoms with Crippen LogP contribution in [0.4, 0.5) is 48.3 Å². The van der Waals surface area contributed by atoms with Crippen LogP contribution in [0.3, 0.4) is 0 Å². The first-order valence-corrected chi connectivity index (χ1v) is 6.94. The van der Waals surface area contributed by atoms with Gasteiger partial charge in [-0.05, 0) is 24.6 Å². The Kier molecular flexibility index (Phi) is 6.01. The summed E-state index contributed by atoms with van der Waals surface area (Å²) in [5, 5.41) is 9.31. The molecule has 13 heteroatoms. The monoisotopic (exact) mass is 420 g/mol. The molecule has 0 amide bonds. The average Bonchev–Trinajstić information content (AvgIpc) is 2.53. The van der Waals surface area contributed by atoms with Gasteiger partial charge in [0.15, 0.2) is 0 Å². The van der Waals surface area contributed by atoms with Crippen LogP contribution in [-0.2, 0) is 0 Å². The molecule has 1 aromatic carbocycles. The molecule has 0 fully saturated rings. The lowest BCUT2D eigenvalue weighted by atomic mass is 9.91. The topological polar surface area (TPSA) is 29.5 Å². The van der Waals surface area contributed by atoms with Crippen LogP contribution in [0.1, 0.15) is 18.6 Å². The van der Waals surface area contributed by atoms with E-state index in [4.69, 9.17) is 4.74 Å². The molecule has 1 atom stereocenters. The highest BCUT2D eigenvalue weighted by Crippen LogP contribution is 2.59. The van der Waals surface area contributed by atoms with Gasteiger partial charge in [-0.2, -0.15) is 48.3 Å². The fourth-order valence-corrected chi connectivity index (χ4v) is 1.88. The summed E-state index contributed by atoms with van der Waals surface area (Å²) in [4.78, 5) is 0. The van der Waals surface area contributed by atoms with E-state index in [0.717, 1.165) is 12.1 Å². The number of aliphatic hydroxyl groups is 1. The zero-order valence-corrected chi connectivity index (χ0v) is 13.1. The van der Waals surface area contributed by atoms with Gasteiger partial charge in [0, 0.05) is 0 Å². The first-order valence-electron chi connectivity index (χ1n) is 6.94. The van der Waals surface area contributed by atoms with Crippen molar-refractivity contribution in [2.45, 2.75) is 42.9 Å². The molecule has 0 aliphatic heterocycles. The number of ether oxygens (including phenoxy) is 1. The number of aliphatic hydroxyl groups excluding tert-OH is 1. The summed E-state index contributed by atoms with van der Waals surface area (Å²) >= 11 is 0. The van der Waals surface area contributed by atoms with Gasteiger partial charge in [-0.1, -0.05) is 12.1 Å². The first kappa shape index (κ1) is 23.2. The van der Waals surface area contributed by atoms with Crippen molar-refractivity contribution < 1.29 is 58.1 Å². The highest BCUT2D eigenvalue weighted by molar-refractivity contribution is 5.30. The Labute approximate surface area is 144 Å². The maximum absolute atomic E-state index is 13.7. The van der Waals surface area contributed by atoms with Crippen LogP contribution in [0.5, 0.6) is 5.75 Å². The van der Waals surface area contributed by atoms with Crippen LogP contribution in [0.25, 0.3) is 0 Å². The molecular formula is C14H11F11O2. The molecule has 0 saturated carbocycles. The molecule has 156 valence electrons. The molecule has 1 aromatic rings. The fraction of sp³-hybridized carbons (Fsp3) is 0.571. The van der Waals surface area contributed by atoms with Gasteiger partial charge in [0.1, 0.15) is 11.9 Å². The van der Waals surface area contributed by atoms with E-state index in [1.54, 1.807) is 0 Å². The largest absolute Gasteiger partial charge is 0.494 e. The van der Waals surface area contributed by atoms with Gasteiger partial charge in [-0.15, -0.1) is 0 Å². The van der Waals surface area contributed by atoms with Crippen LogP contribution in [-0.4, -0.2) is 41.6 Å². The van der Waals surface area contributed by atoms with Crippen LogP contribution in [0.15, 0.2) is 24.3 Å². The minimum Gasteiger partial charge on any atom is -0.494 e. The number of hydrogen-bond acceptors (Lipinski definition) is 2. The molecule has 0 spiro atoms. The summed E-state index contributed by atoms with van der Waals surface area (Å²) < 4.78 is 147. The maximum Gasteiger partial charge on any atom is 0.460 e. The second kappa shape index (κ2) is 6.99. The van der Waals surface area contributed by atoms with Crippen LogP contribution in [0.2, 0.25) is 0 Å². The summed E-state index contributed by atoms with van der Waals surface area (Å²) in [6.45, 7) is 1.61. The Morgan fingerprint density at radius 3 is 1.59 bits per heavy atom. The Morgan fingerprint density at radius 1 is 0.778 bits per heavy atom. The second-order valence-corrected chi connectivity index (χ2v) is 5.25. The van der Waals surface area contributed by atoms with E-state index in [9.17, 15) is 53.4 Å². The summed E-state index contributed by atoms with van der Waals surface area (Å²) in [6, 6.07) is 2.77. The molecule has 1 rings (SSSR count). The molecule has 27 heavy (non-hydrogen) atoms. The summed E-state index contributed by atoms with van der Waals surface area (Å²) in [5.41, 5.74) is -1.14. The van der Waals surface area contributed by atoms with Crippen molar-refractivity contribution in [3.63, 3.8) is 0 Å². The third kappa shape index (κ3) is 3.65. The Morgan fingerprint density at radius 2 is 1.22 bits per heavy atom. The van der Waals surface area contributed by atoms with E-state index in [1.165, 1.54) is 6.92 Å². The third-order valence-electron chi connectivity index (χ3n) is 3.41. The number of hydrogen-bond donors (Lipinski definition) is 1. The number of halogens is 11. The molecule has 2 nitrogen and oxygen atoms in total. The molecule has 0 aliphatic carbocycles. The fourth-order valence-electron chi connectivity index (χ4n) is 1.88. The van der Waals surface area contributed by atoms with E-state index in [0.29, 0.717) is 12.1 Å². The molecule has 0 saturated heterocycles. The van der Waals surface area contributed by atoms with Crippen molar-refractivity contribution in [1.29, 1.82) is 0 Å². The van der Waals surface area contributed by atoms with Crippen LogP contribution < -0.4 is 4.74 Å². The van der Waals surface area contributed by atoms with E-state index >= 15 is 0 Å². The van der Waals surface area contributed by atoms with Crippen LogP contribution >= 0.6 is 0 Å². The quantitative estimate of drug-likeness (QED) is 0.613. The SMILES string of the molecule is CCOc1ccc(C(O)C(F)(F)C(F)(F)C(F)(F)C(F)(F)C(F)(F)F)cc1. The molecule has 1 N–H and O–H groups in total. The van der Waals surface area contributed by atoms with Gasteiger partial charge in [-0.25, -0.2) is 0 Å². The van der Waals surface area contributed by atoms with E-state index < -0.39 is 41.5 Å². The molecule has 0 bridgehead atoms. The zero-order chi connectivity index (χ0) is 21.5. The van der Waals surface area contributed by atoms with Gasteiger partial charge >= 0.3 is 29.9 Å². The van der Waals surface area contributed by atoms with Gasteiger partial charge < -0.3 is 9.84 Å². The lowest BCUT2D eigenvalue weighted by molar-refractivity contribution is -0.429. The molecule has 0 radical (unpaired) electrons. The minimum atomic E-state index is -7.56. The highest BCUT2D eigenvalue weighted by Gasteiger charge is 2.88. The summed E-state index contributed by atoms with van der Waals surface area (Å²) in [6.07, 6.45) is -11.1. The van der Waals surface area contributed by atoms with Gasteiger partial charge in [-0.3, -0.25) is 0 Å². The second-order valence-electron chi connectivity index (χ2n) is 5.25. The van der Waals surface area contributed by atoms with Gasteiger partial charge in [0.2, 0.25) is 0 Å². The predicted molar refractivity (Wildman–Crippen MR) is 68.4 cm³/mol. The van der Waals surface area contributed by atoms with Crippen molar-refractivity contribution >= 4 is 0 Å². The van der Waals surface area contributed by atoms with Crippen LogP contribution in [0, 0.1) is 0 Å². The molecule has 0 aliphatic rings. The van der Waals surface area contributed by atoms with E-state index in [1.807, 2.05) is 0 Å². The minimum absolute atomic E-state index is 0.00235. The van der Waals surface area contributed by atoms with E-state index in [2.05, 4.69) is 0 Å². The van der Waals surface area contributed by atoms with Crippen molar-refractivity contribution in [2.24, 2.45) is 0 Å². The number of alkyl halides is 11. The van der Waals surface area contributed by atoms with Crippen molar-refractivity contribution in [3.8, 4) is 5.75 Å². The lowest BCUT2D eigenvalue weighted by Gasteiger charge is -2.38. The molecular weight excluding hydrogens is 409 g/mol. The van der Waals surface area contributed by atoms with Gasteiger partial charge in [0.05, 0.1) is 6.61 Å². The van der Waals surface area contributed by atoms with Crippen molar-refractivity contribution in [3.05, 3.63) is 29.8 Å². The Bertz CT molecular complexity index is 637. The summed E-state index contributed by atoms with van der Waals surface area (Å²) in [5.74, 6) is -28.7. The molecule has 0 heterocycles. The highest BCUT2D eigenvalue weighted by atomic mass is 19.4. The predicted octanol–water partition coefficient (Wildman–Crippen LogP) is 5.22. The van der Waals surface area contributed by atoms with Gasteiger partial charge in [0.25, 0.3) is 0 Å². The van der Waals surface area contributed by atoms with Crippen molar-refractivity contribution in [2.75, 3.05) is 6.61 Å². The zero-order valence-electron chi connectivity index (χ0n) is 13.1. The maximum atomic E-state index is 13.7. The Hall–Kier alpha value is -1.79.